The van der Waals surface area contributed by atoms with E-state index in [4.69, 9.17) is 4.52 Å². The molecule has 1 aromatic carbocycles. The predicted octanol–water partition coefficient (Wildman–Crippen LogP) is 2.40. The molecule has 0 saturated heterocycles. The zero-order valence-electron chi connectivity index (χ0n) is 15.8. The quantitative estimate of drug-likeness (QED) is 0.669. The summed E-state index contributed by atoms with van der Waals surface area (Å²) in [6.07, 6.45) is 2.76. The van der Waals surface area contributed by atoms with Crippen LogP contribution >= 0.6 is 0 Å². The average molecular weight is 399 g/mol. The van der Waals surface area contributed by atoms with Gasteiger partial charge in [-0.2, -0.15) is 14.4 Å². The van der Waals surface area contributed by atoms with E-state index in [0.29, 0.717) is 35.4 Å². The van der Waals surface area contributed by atoms with Gasteiger partial charge in [0.05, 0.1) is 4.90 Å². The summed E-state index contributed by atoms with van der Waals surface area (Å²) in [5.41, 5.74) is 3.18. The summed E-state index contributed by atoms with van der Waals surface area (Å²) in [6, 6.07) is 7.07. The van der Waals surface area contributed by atoms with Crippen LogP contribution in [0.1, 0.15) is 41.4 Å². The Hall–Kier alpha value is -2.52. The maximum absolute atomic E-state index is 13.2. The monoisotopic (exact) mass is 399 g/mol. The fraction of sp³-hybridized carbons (Fsp3) is 0.421. The van der Waals surface area contributed by atoms with E-state index in [2.05, 4.69) is 15.2 Å². The third-order valence-electron chi connectivity index (χ3n) is 5.51. The van der Waals surface area contributed by atoms with Gasteiger partial charge < -0.3 is 4.52 Å². The second-order valence-electron chi connectivity index (χ2n) is 7.48. The third kappa shape index (κ3) is 2.77. The van der Waals surface area contributed by atoms with Crippen LogP contribution in [0.5, 0.6) is 0 Å². The fourth-order valence-corrected chi connectivity index (χ4v) is 5.40. The van der Waals surface area contributed by atoms with Crippen molar-refractivity contribution in [3.05, 3.63) is 46.9 Å². The van der Waals surface area contributed by atoms with Crippen molar-refractivity contribution in [1.82, 2.24) is 24.2 Å². The number of rotatable bonds is 4. The molecule has 9 heteroatoms. The summed E-state index contributed by atoms with van der Waals surface area (Å²) in [5, 5.41) is 8.63. The van der Waals surface area contributed by atoms with E-state index in [1.807, 2.05) is 26.1 Å². The molecule has 5 rings (SSSR count). The number of fused-ring (bicyclic) bond motifs is 1. The van der Waals surface area contributed by atoms with E-state index in [1.54, 1.807) is 16.8 Å². The van der Waals surface area contributed by atoms with Crippen molar-refractivity contribution in [1.29, 1.82) is 0 Å². The molecule has 1 aliphatic carbocycles. The first kappa shape index (κ1) is 17.6. The molecule has 28 heavy (non-hydrogen) atoms. The van der Waals surface area contributed by atoms with Crippen LogP contribution in [-0.2, 0) is 30.0 Å². The van der Waals surface area contributed by atoms with Gasteiger partial charge in [0.15, 0.2) is 11.5 Å². The van der Waals surface area contributed by atoms with Gasteiger partial charge in [-0.25, -0.2) is 8.42 Å². The van der Waals surface area contributed by atoms with Gasteiger partial charge in [-0.3, -0.25) is 4.68 Å². The lowest BCUT2D eigenvalue weighted by Crippen LogP contribution is -2.36. The van der Waals surface area contributed by atoms with Gasteiger partial charge in [0.25, 0.3) is 5.89 Å². The van der Waals surface area contributed by atoms with Gasteiger partial charge in [-0.05, 0) is 31.4 Å². The summed E-state index contributed by atoms with van der Waals surface area (Å²) in [6.45, 7) is 2.48. The lowest BCUT2D eigenvalue weighted by molar-refractivity contribution is 0.384. The summed E-state index contributed by atoms with van der Waals surface area (Å²) in [4.78, 5) is 4.85. The maximum Gasteiger partial charge on any atom is 0.278 e. The highest BCUT2D eigenvalue weighted by atomic mass is 32.2. The molecule has 1 fully saturated rings. The number of nitrogens with zero attached hydrogens (tertiary/aromatic N) is 5. The molecule has 1 aliphatic heterocycles. The molecule has 3 heterocycles. The second-order valence-corrected chi connectivity index (χ2v) is 9.39. The van der Waals surface area contributed by atoms with Crippen LogP contribution in [0, 0.1) is 6.92 Å². The molecule has 1 saturated carbocycles. The topological polar surface area (TPSA) is 94.1 Å². The number of benzene rings is 1. The van der Waals surface area contributed by atoms with Crippen LogP contribution in [-0.4, -0.2) is 39.2 Å². The Morgan fingerprint density at radius 3 is 2.75 bits per heavy atom. The van der Waals surface area contributed by atoms with Gasteiger partial charge in [-0.1, -0.05) is 23.4 Å². The van der Waals surface area contributed by atoms with Crippen molar-refractivity contribution in [3.63, 3.8) is 0 Å². The average Bonchev–Trinajstić information content (AvgIpc) is 3.33. The van der Waals surface area contributed by atoms with Crippen LogP contribution in [0.4, 0.5) is 0 Å². The van der Waals surface area contributed by atoms with Crippen LogP contribution in [0.25, 0.3) is 11.6 Å². The van der Waals surface area contributed by atoms with Crippen molar-refractivity contribution in [2.45, 2.75) is 43.5 Å². The molecule has 0 amide bonds. The van der Waals surface area contributed by atoms with E-state index < -0.39 is 10.0 Å². The Morgan fingerprint density at radius 1 is 1.21 bits per heavy atom. The molecular weight excluding hydrogens is 378 g/mol. The standard InChI is InChI=1S/C19H21N5O3S/c1-12-5-3-4-6-16(12)28(25,26)24-10-9-15-14(11-24)17(21-23(15)2)19-20-18(22-27-19)13-7-8-13/h3-6,13H,7-11H2,1-2H3. The minimum Gasteiger partial charge on any atom is -0.332 e. The van der Waals surface area contributed by atoms with E-state index in [0.717, 1.165) is 35.5 Å². The highest BCUT2D eigenvalue weighted by molar-refractivity contribution is 7.89. The summed E-state index contributed by atoms with van der Waals surface area (Å²) < 4.78 is 35.2. The lowest BCUT2D eigenvalue weighted by atomic mass is 10.1. The molecule has 2 aromatic heterocycles. The molecular formula is C19H21N5O3S. The minimum absolute atomic E-state index is 0.246. The molecule has 0 spiro atoms. The second kappa shape index (κ2) is 6.25. The Kier molecular flexibility index (Phi) is 3.92. The van der Waals surface area contributed by atoms with Crippen LogP contribution in [0.3, 0.4) is 0 Å². The first-order valence-electron chi connectivity index (χ1n) is 9.39. The Bertz CT molecular complexity index is 1160. The first-order chi connectivity index (χ1) is 13.4. The molecule has 0 atom stereocenters. The number of hydrogen-bond donors (Lipinski definition) is 0. The molecule has 3 aromatic rings. The van der Waals surface area contributed by atoms with Crippen molar-refractivity contribution in [3.8, 4) is 11.6 Å². The van der Waals surface area contributed by atoms with Crippen molar-refractivity contribution >= 4 is 10.0 Å². The highest BCUT2D eigenvalue weighted by Crippen LogP contribution is 2.39. The number of hydrogen-bond acceptors (Lipinski definition) is 6. The van der Waals surface area contributed by atoms with E-state index in [9.17, 15) is 8.42 Å². The van der Waals surface area contributed by atoms with E-state index in [-0.39, 0.29) is 6.54 Å². The molecule has 8 nitrogen and oxygen atoms in total. The molecule has 0 unspecified atom stereocenters. The van der Waals surface area contributed by atoms with Crippen molar-refractivity contribution in [2.75, 3.05) is 6.54 Å². The highest BCUT2D eigenvalue weighted by Gasteiger charge is 2.35. The maximum atomic E-state index is 13.2. The van der Waals surface area contributed by atoms with E-state index in [1.165, 1.54) is 4.31 Å². The smallest absolute Gasteiger partial charge is 0.278 e. The number of aromatic nitrogens is 4. The fourth-order valence-electron chi connectivity index (χ4n) is 3.77. The summed E-state index contributed by atoms with van der Waals surface area (Å²) in [5.74, 6) is 1.47. The molecule has 146 valence electrons. The lowest BCUT2D eigenvalue weighted by Gasteiger charge is -2.27. The third-order valence-corrected chi connectivity index (χ3v) is 7.51. The largest absolute Gasteiger partial charge is 0.332 e. The van der Waals surface area contributed by atoms with Gasteiger partial charge in [-0.15, -0.1) is 0 Å². The normalized spacial score (nSPS) is 17.6. The summed E-state index contributed by atoms with van der Waals surface area (Å²) in [7, 11) is -1.73. The molecule has 0 bridgehead atoms. The zero-order valence-corrected chi connectivity index (χ0v) is 16.6. The first-order valence-corrected chi connectivity index (χ1v) is 10.8. The SMILES string of the molecule is Cc1ccccc1S(=O)(=O)N1CCc2c(c(-c3nc(C4CC4)no3)nn2C)C1. The van der Waals surface area contributed by atoms with Gasteiger partial charge in [0.2, 0.25) is 10.0 Å². The molecule has 0 N–H and O–H groups in total. The van der Waals surface area contributed by atoms with Gasteiger partial charge >= 0.3 is 0 Å². The van der Waals surface area contributed by atoms with Crippen LogP contribution in [0.2, 0.25) is 0 Å². The summed E-state index contributed by atoms with van der Waals surface area (Å²) >= 11 is 0. The van der Waals surface area contributed by atoms with Crippen molar-refractivity contribution < 1.29 is 12.9 Å². The van der Waals surface area contributed by atoms with Crippen LogP contribution in [0.15, 0.2) is 33.7 Å². The number of sulfonamides is 1. The van der Waals surface area contributed by atoms with Crippen LogP contribution < -0.4 is 0 Å². The van der Waals surface area contributed by atoms with Gasteiger partial charge in [0, 0.05) is 43.7 Å². The number of aryl methyl sites for hydroxylation is 2. The Balaban J connectivity index is 1.52. The van der Waals surface area contributed by atoms with E-state index >= 15 is 0 Å². The minimum atomic E-state index is -3.59. The predicted molar refractivity (Wildman–Crippen MR) is 101 cm³/mol. The zero-order chi connectivity index (χ0) is 19.5. The van der Waals surface area contributed by atoms with Gasteiger partial charge in [0.1, 0.15) is 0 Å². The molecule has 2 aliphatic rings. The Morgan fingerprint density at radius 2 is 2.00 bits per heavy atom. The van der Waals surface area contributed by atoms with Crippen molar-refractivity contribution in [2.24, 2.45) is 7.05 Å². The molecule has 0 radical (unpaired) electrons. The Labute approximate surface area is 163 Å².